The fourth-order valence-electron chi connectivity index (χ4n) is 3.85. The maximum Gasteiger partial charge on any atom is 0.417 e. The van der Waals surface area contributed by atoms with Gasteiger partial charge in [-0.3, -0.25) is 9.69 Å². The third-order valence-corrected chi connectivity index (χ3v) is 5.47. The lowest BCUT2D eigenvalue weighted by Gasteiger charge is -2.50. The fraction of sp³-hybridized carbons (Fsp3) is 0.667. The van der Waals surface area contributed by atoms with Gasteiger partial charge < -0.3 is 9.80 Å². The highest BCUT2D eigenvalue weighted by Gasteiger charge is 2.48. The van der Waals surface area contributed by atoms with Gasteiger partial charge in [0.25, 0.3) is 5.91 Å². The molecule has 1 amide bonds. The summed E-state index contributed by atoms with van der Waals surface area (Å²) in [4.78, 5) is 23.0. The first-order valence-corrected chi connectivity index (χ1v) is 8.99. The van der Waals surface area contributed by atoms with Crippen LogP contribution >= 0.6 is 0 Å². The number of anilines is 2. The second-order valence-electron chi connectivity index (χ2n) is 8.33. The molecule has 3 heterocycles. The van der Waals surface area contributed by atoms with Crippen molar-refractivity contribution in [1.29, 1.82) is 0 Å². The van der Waals surface area contributed by atoms with Crippen LogP contribution in [-0.2, 0) is 11.0 Å². The molecule has 1 aromatic rings. The SMILES string of the molecule is CC(C)(C)N1CCN2c3ncc(C(F)(F)F)cc3N(C3CC3)C(=O)[C@@H]2C1. The zero-order chi connectivity index (χ0) is 18.9. The number of carbonyl (C=O) groups is 1. The van der Waals surface area contributed by atoms with Crippen molar-refractivity contribution in [1.82, 2.24) is 9.88 Å². The van der Waals surface area contributed by atoms with Crippen LogP contribution in [0.25, 0.3) is 0 Å². The summed E-state index contributed by atoms with van der Waals surface area (Å²) in [5.74, 6) is 0.401. The van der Waals surface area contributed by atoms with E-state index in [1.807, 2.05) is 4.90 Å². The van der Waals surface area contributed by atoms with Gasteiger partial charge in [0.1, 0.15) is 6.04 Å². The molecule has 3 aliphatic rings. The normalized spacial score (nSPS) is 24.5. The molecule has 0 bridgehead atoms. The van der Waals surface area contributed by atoms with Gasteiger partial charge in [0.05, 0.1) is 11.3 Å². The third-order valence-electron chi connectivity index (χ3n) is 5.47. The van der Waals surface area contributed by atoms with Crippen molar-refractivity contribution in [3.05, 3.63) is 17.8 Å². The van der Waals surface area contributed by atoms with E-state index in [-0.39, 0.29) is 23.5 Å². The van der Waals surface area contributed by atoms with Crippen LogP contribution in [0.4, 0.5) is 24.7 Å². The summed E-state index contributed by atoms with van der Waals surface area (Å²) in [5.41, 5.74) is -0.556. The lowest BCUT2D eigenvalue weighted by molar-refractivity contribution is -0.138. The predicted octanol–water partition coefficient (Wildman–Crippen LogP) is 2.90. The zero-order valence-electron chi connectivity index (χ0n) is 15.2. The minimum absolute atomic E-state index is 0.00121. The largest absolute Gasteiger partial charge is 0.417 e. The summed E-state index contributed by atoms with van der Waals surface area (Å²) in [7, 11) is 0. The van der Waals surface area contributed by atoms with E-state index in [1.165, 1.54) is 0 Å². The Morgan fingerprint density at radius 3 is 2.42 bits per heavy atom. The van der Waals surface area contributed by atoms with Gasteiger partial charge in [0.2, 0.25) is 0 Å². The number of hydrogen-bond donors (Lipinski definition) is 0. The van der Waals surface area contributed by atoms with Crippen LogP contribution in [0.1, 0.15) is 39.2 Å². The molecule has 0 radical (unpaired) electrons. The molecule has 0 N–H and O–H groups in total. The van der Waals surface area contributed by atoms with Gasteiger partial charge in [0, 0.05) is 37.4 Å². The highest BCUT2D eigenvalue weighted by atomic mass is 19.4. The first-order chi connectivity index (χ1) is 12.1. The lowest BCUT2D eigenvalue weighted by atomic mass is 9.99. The van der Waals surface area contributed by atoms with Crippen LogP contribution in [0.2, 0.25) is 0 Å². The Kier molecular flexibility index (Phi) is 3.77. The van der Waals surface area contributed by atoms with Gasteiger partial charge in [-0.2, -0.15) is 13.2 Å². The van der Waals surface area contributed by atoms with Crippen molar-refractivity contribution in [2.24, 2.45) is 0 Å². The second-order valence-corrected chi connectivity index (χ2v) is 8.33. The Morgan fingerprint density at radius 1 is 1.15 bits per heavy atom. The summed E-state index contributed by atoms with van der Waals surface area (Å²) in [5, 5.41) is 0. The molecule has 4 rings (SSSR count). The van der Waals surface area contributed by atoms with Crippen LogP contribution in [-0.4, -0.2) is 53.0 Å². The standard InChI is InChI=1S/C18H23F3N4O/c1-17(2,3)23-6-7-24-14(10-23)16(26)25(12-4-5-12)13-8-11(18(19,20)21)9-22-15(13)24/h8-9,12,14H,4-7,10H2,1-3H3/t14-/m0/s1. The molecule has 0 unspecified atom stereocenters. The Hall–Kier alpha value is -1.83. The van der Waals surface area contributed by atoms with E-state index >= 15 is 0 Å². The average molecular weight is 368 g/mol. The molecular formula is C18H23F3N4O. The number of rotatable bonds is 1. The lowest BCUT2D eigenvalue weighted by Crippen LogP contribution is -2.65. The van der Waals surface area contributed by atoms with Crippen LogP contribution in [0.5, 0.6) is 0 Å². The number of pyridine rings is 1. The summed E-state index contributed by atoms with van der Waals surface area (Å²) >= 11 is 0. The maximum atomic E-state index is 13.2. The van der Waals surface area contributed by atoms with E-state index in [2.05, 4.69) is 30.7 Å². The highest BCUT2D eigenvalue weighted by molar-refractivity contribution is 6.06. The monoisotopic (exact) mass is 368 g/mol. The minimum atomic E-state index is -4.47. The molecule has 5 nitrogen and oxygen atoms in total. The molecule has 2 aliphatic heterocycles. The molecule has 0 spiro atoms. The molecule has 1 atom stereocenters. The van der Waals surface area contributed by atoms with Crippen molar-refractivity contribution < 1.29 is 18.0 Å². The number of amides is 1. The summed E-state index contributed by atoms with van der Waals surface area (Å²) in [6.45, 7) is 8.22. The fourth-order valence-corrected chi connectivity index (χ4v) is 3.85. The predicted molar refractivity (Wildman–Crippen MR) is 92.2 cm³/mol. The number of piperazine rings is 1. The first kappa shape index (κ1) is 17.6. The van der Waals surface area contributed by atoms with Crippen LogP contribution in [0, 0.1) is 0 Å². The van der Waals surface area contributed by atoms with E-state index in [1.54, 1.807) is 4.90 Å². The van der Waals surface area contributed by atoms with Crippen LogP contribution in [0.15, 0.2) is 12.3 Å². The van der Waals surface area contributed by atoms with Crippen molar-refractivity contribution in [3.63, 3.8) is 0 Å². The van der Waals surface area contributed by atoms with Crippen LogP contribution < -0.4 is 9.80 Å². The van der Waals surface area contributed by atoms with Crippen molar-refractivity contribution >= 4 is 17.4 Å². The number of alkyl halides is 3. The van der Waals surface area contributed by atoms with E-state index in [0.29, 0.717) is 24.6 Å². The van der Waals surface area contributed by atoms with E-state index in [0.717, 1.165) is 31.6 Å². The quantitative estimate of drug-likeness (QED) is 0.764. The Bertz CT molecular complexity index is 739. The topological polar surface area (TPSA) is 39.7 Å². The van der Waals surface area contributed by atoms with E-state index < -0.39 is 11.7 Å². The molecule has 2 fully saturated rings. The average Bonchev–Trinajstić information content (AvgIpc) is 3.37. The summed E-state index contributed by atoms with van der Waals surface area (Å²) in [6.07, 6.45) is -1.93. The van der Waals surface area contributed by atoms with Crippen LogP contribution in [0.3, 0.4) is 0 Å². The third kappa shape index (κ3) is 2.84. The maximum absolute atomic E-state index is 13.2. The van der Waals surface area contributed by atoms with Gasteiger partial charge in [-0.05, 0) is 39.7 Å². The number of aromatic nitrogens is 1. The van der Waals surface area contributed by atoms with Gasteiger partial charge in [0.15, 0.2) is 5.82 Å². The molecule has 1 saturated carbocycles. The molecule has 1 saturated heterocycles. The smallest absolute Gasteiger partial charge is 0.340 e. The van der Waals surface area contributed by atoms with Gasteiger partial charge >= 0.3 is 6.18 Å². The molecule has 26 heavy (non-hydrogen) atoms. The molecule has 142 valence electrons. The minimum Gasteiger partial charge on any atom is -0.340 e. The molecular weight excluding hydrogens is 345 g/mol. The van der Waals surface area contributed by atoms with Crippen molar-refractivity contribution in [2.75, 3.05) is 29.4 Å². The molecule has 8 heteroatoms. The molecule has 0 aromatic carbocycles. The highest BCUT2D eigenvalue weighted by Crippen LogP contribution is 2.44. The van der Waals surface area contributed by atoms with Gasteiger partial charge in [-0.15, -0.1) is 0 Å². The molecule has 1 aromatic heterocycles. The Labute approximate surface area is 150 Å². The van der Waals surface area contributed by atoms with Gasteiger partial charge in [-0.25, -0.2) is 4.98 Å². The summed E-state index contributed by atoms with van der Waals surface area (Å²) < 4.78 is 39.5. The zero-order valence-corrected chi connectivity index (χ0v) is 15.2. The number of halogens is 3. The molecule has 1 aliphatic carbocycles. The number of nitrogens with zero attached hydrogens (tertiary/aromatic N) is 4. The van der Waals surface area contributed by atoms with Crippen molar-refractivity contribution in [3.8, 4) is 0 Å². The summed E-state index contributed by atoms with van der Waals surface area (Å²) in [6, 6.07) is 0.698. The number of carbonyl (C=O) groups excluding carboxylic acids is 1. The van der Waals surface area contributed by atoms with E-state index in [9.17, 15) is 18.0 Å². The Balaban J connectivity index is 1.76. The Morgan fingerprint density at radius 2 is 1.85 bits per heavy atom. The first-order valence-electron chi connectivity index (χ1n) is 8.99. The number of hydrogen-bond acceptors (Lipinski definition) is 4. The van der Waals surface area contributed by atoms with E-state index in [4.69, 9.17) is 0 Å². The van der Waals surface area contributed by atoms with Gasteiger partial charge in [-0.1, -0.05) is 0 Å². The van der Waals surface area contributed by atoms with Crippen molar-refractivity contribution in [2.45, 2.75) is 57.4 Å². The second kappa shape index (κ2) is 5.58. The number of fused-ring (bicyclic) bond motifs is 3.